The zero-order chi connectivity index (χ0) is 27.7. The first-order chi connectivity index (χ1) is 18.6. The second-order valence-corrected chi connectivity index (χ2v) is 9.25. The summed E-state index contributed by atoms with van der Waals surface area (Å²) in [7, 11) is 3.36. The minimum Gasteiger partial charge on any atom is -0.439 e. The van der Waals surface area contributed by atoms with E-state index >= 15 is 0 Å². The van der Waals surface area contributed by atoms with Gasteiger partial charge in [0.2, 0.25) is 5.88 Å². The maximum atomic E-state index is 13.0. The quantitative estimate of drug-likeness (QED) is 0.399. The molecule has 39 heavy (non-hydrogen) atoms. The second-order valence-electron chi connectivity index (χ2n) is 9.25. The van der Waals surface area contributed by atoms with Crippen LogP contribution in [-0.4, -0.2) is 59.5 Å². The van der Waals surface area contributed by atoms with E-state index in [-0.39, 0.29) is 11.5 Å². The summed E-state index contributed by atoms with van der Waals surface area (Å²) in [6.07, 6.45) is -3.02. The molecule has 0 spiro atoms. The van der Waals surface area contributed by atoms with Crippen molar-refractivity contribution in [2.75, 3.05) is 38.1 Å². The van der Waals surface area contributed by atoms with Crippen LogP contribution in [0.4, 0.5) is 18.9 Å². The molecular formula is C28H26F3N5O3. The molecule has 8 nitrogen and oxygen atoms in total. The summed E-state index contributed by atoms with van der Waals surface area (Å²) in [5.41, 5.74) is 1.19. The Labute approximate surface area is 222 Å². The molecule has 0 bridgehead atoms. The number of piperazine rings is 1. The van der Waals surface area contributed by atoms with Gasteiger partial charge in [-0.15, -0.1) is 0 Å². The van der Waals surface area contributed by atoms with Gasteiger partial charge in [0.1, 0.15) is 11.4 Å². The first-order valence-corrected chi connectivity index (χ1v) is 12.3. The molecule has 0 atom stereocenters. The van der Waals surface area contributed by atoms with E-state index in [1.165, 1.54) is 18.1 Å². The van der Waals surface area contributed by atoms with Crippen LogP contribution in [0.15, 0.2) is 66.9 Å². The highest BCUT2D eigenvalue weighted by Gasteiger charge is 2.30. The molecule has 2 aromatic heterocycles. The Morgan fingerprint density at radius 1 is 1.00 bits per heavy atom. The molecule has 0 unspecified atom stereocenters. The van der Waals surface area contributed by atoms with Gasteiger partial charge in [0, 0.05) is 63.4 Å². The van der Waals surface area contributed by atoms with Crippen LogP contribution in [0.25, 0.3) is 10.9 Å². The number of fused-ring (bicyclic) bond motifs is 1. The molecule has 1 aliphatic rings. The summed E-state index contributed by atoms with van der Waals surface area (Å²) in [4.78, 5) is 33.2. The first kappa shape index (κ1) is 26.2. The number of amides is 2. The lowest BCUT2D eigenvalue weighted by molar-refractivity contribution is -0.137. The third-order valence-corrected chi connectivity index (χ3v) is 6.73. The summed E-state index contributed by atoms with van der Waals surface area (Å²) in [6.45, 7) is 2.89. The van der Waals surface area contributed by atoms with Crippen molar-refractivity contribution >= 4 is 28.4 Å². The molecule has 11 heteroatoms. The predicted molar refractivity (Wildman–Crippen MR) is 140 cm³/mol. The van der Waals surface area contributed by atoms with Crippen LogP contribution < -0.4 is 15.0 Å². The van der Waals surface area contributed by atoms with Crippen LogP contribution in [0, 0.1) is 0 Å². The average Bonchev–Trinajstić information content (AvgIpc) is 3.28. The minimum absolute atomic E-state index is 0.00936. The van der Waals surface area contributed by atoms with E-state index in [1.54, 1.807) is 18.2 Å². The first-order valence-electron chi connectivity index (χ1n) is 12.3. The molecule has 1 aliphatic heterocycles. The molecule has 0 radical (unpaired) electrons. The molecule has 2 amide bonds. The number of carbonyl (C=O) groups is 2. The molecule has 1 N–H and O–H groups in total. The number of hydrogen-bond donors (Lipinski definition) is 1. The highest BCUT2D eigenvalue weighted by atomic mass is 19.4. The van der Waals surface area contributed by atoms with Gasteiger partial charge in [-0.2, -0.15) is 13.2 Å². The van der Waals surface area contributed by atoms with E-state index in [1.807, 2.05) is 34.7 Å². The van der Waals surface area contributed by atoms with E-state index in [2.05, 4.69) is 10.3 Å². The SMILES string of the molecule is CN(C(=O)c1ccc(C(F)(F)F)cc1)c1ccc(Oc2ccc3cc(C(=O)N4CCNCC4)n(C)c3c2)nc1. The zero-order valence-electron chi connectivity index (χ0n) is 21.3. The number of nitrogens with zero attached hydrogens (tertiary/aromatic N) is 4. The lowest BCUT2D eigenvalue weighted by Gasteiger charge is -2.27. The summed E-state index contributed by atoms with van der Waals surface area (Å²) in [6, 6.07) is 14.7. The van der Waals surface area contributed by atoms with E-state index < -0.39 is 17.6 Å². The van der Waals surface area contributed by atoms with Crippen LogP contribution >= 0.6 is 0 Å². The van der Waals surface area contributed by atoms with E-state index in [0.29, 0.717) is 36.1 Å². The lowest BCUT2D eigenvalue weighted by Crippen LogP contribution is -2.46. The van der Waals surface area contributed by atoms with Crippen molar-refractivity contribution < 1.29 is 27.5 Å². The number of aromatic nitrogens is 2. The number of rotatable bonds is 5. The van der Waals surface area contributed by atoms with Crippen LogP contribution in [-0.2, 0) is 13.2 Å². The molecule has 1 fully saturated rings. The molecule has 2 aromatic carbocycles. The van der Waals surface area contributed by atoms with Crippen molar-refractivity contribution in [2.24, 2.45) is 7.05 Å². The Morgan fingerprint density at radius 3 is 2.36 bits per heavy atom. The van der Waals surface area contributed by atoms with Crippen LogP contribution in [0.2, 0.25) is 0 Å². The number of anilines is 1. The predicted octanol–water partition coefficient (Wildman–Crippen LogP) is 4.71. The molecule has 4 aromatic rings. The maximum Gasteiger partial charge on any atom is 0.416 e. The Bertz CT molecular complexity index is 1510. The van der Waals surface area contributed by atoms with Crippen LogP contribution in [0.3, 0.4) is 0 Å². The largest absolute Gasteiger partial charge is 0.439 e. The van der Waals surface area contributed by atoms with E-state index in [9.17, 15) is 22.8 Å². The lowest BCUT2D eigenvalue weighted by atomic mass is 10.1. The number of halogens is 3. The maximum absolute atomic E-state index is 13.0. The average molecular weight is 538 g/mol. The summed E-state index contributed by atoms with van der Waals surface area (Å²) in [5.74, 6) is 0.337. The van der Waals surface area contributed by atoms with Gasteiger partial charge in [-0.1, -0.05) is 0 Å². The topological polar surface area (TPSA) is 79.7 Å². The van der Waals surface area contributed by atoms with Crippen molar-refractivity contribution in [3.05, 3.63) is 83.7 Å². The summed E-state index contributed by atoms with van der Waals surface area (Å²) < 4.78 is 46.2. The normalized spacial score (nSPS) is 13.9. The van der Waals surface area contributed by atoms with Crippen LogP contribution in [0.1, 0.15) is 26.4 Å². The Kier molecular flexibility index (Phi) is 7.00. The number of carbonyl (C=O) groups excluding carboxylic acids is 2. The van der Waals surface area contributed by atoms with E-state index in [0.717, 1.165) is 48.3 Å². The number of ether oxygens (including phenoxy) is 1. The van der Waals surface area contributed by atoms with Crippen molar-refractivity contribution in [3.63, 3.8) is 0 Å². The van der Waals surface area contributed by atoms with Crippen molar-refractivity contribution in [3.8, 4) is 11.6 Å². The fraction of sp³-hybridized carbons (Fsp3) is 0.250. The van der Waals surface area contributed by atoms with Gasteiger partial charge >= 0.3 is 6.18 Å². The molecule has 0 aliphatic carbocycles. The molecule has 202 valence electrons. The van der Waals surface area contributed by atoms with Gasteiger partial charge in [0.15, 0.2) is 0 Å². The molecule has 5 rings (SSSR count). The molecule has 0 saturated carbocycles. The molecule has 1 saturated heterocycles. The zero-order valence-corrected chi connectivity index (χ0v) is 21.3. The van der Waals surface area contributed by atoms with E-state index in [4.69, 9.17) is 4.74 Å². The fourth-order valence-electron chi connectivity index (χ4n) is 4.47. The Hall–Kier alpha value is -4.38. The Morgan fingerprint density at radius 2 is 1.72 bits per heavy atom. The molecule has 3 heterocycles. The molecular weight excluding hydrogens is 511 g/mol. The van der Waals surface area contributed by atoms with Gasteiger partial charge in [0.05, 0.1) is 23.0 Å². The Balaban J connectivity index is 1.28. The monoisotopic (exact) mass is 537 g/mol. The third kappa shape index (κ3) is 5.44. The van der Waals surface area contributed by atoms with Crippen molar-refractivity contribution in [1.29, 1.82) is 0 Å². The van der Waals surface area contributed by atoms with Gasteiger partial charge in [-0.3, -0.25) is 9.59 Å². The van der Waals surface area contributed by atoms with Gasteiger partial charge < -0.3 is 24.4 Å². The summed E-state index contributed by atoms with van der Waals surface area (Å²) >= 11 is 0. The standard InChI is InChI=1S/C28H26F3N5O3/c1-34(26(37)18-3-6-20(7-4-18)28(29,30)31)21-8-10-25(33-17-21)39-22-9-5-19-15-24(35(2)23(19)16-22)27(38)36-13-11-32-12-14-36/h3-10,15-17,32H,11-14H2,1-2H3. The number of hydrogen-bond acceptors (Lipinski definition) is 5. The minimum atomic E-state index is -4.47. The summed E-state index contributed by atoms with van der Waals surface area (Å²) in [5, 5.41) is 4.16. The van der Waals surface area contributed by atoms with Crippen LogP contribution in [0.5, 0.6) is 11.6 Å². The second kappa shape index (κ2) is 10.4. The smallest absolute Gasteiger partial charge is 0.416 e. The highest BCUT2D eigenvalue weighted by Crippen LogP contribution is 2.30. The van der Waals surface area contributed by atoms with Gasteiger partial charge in [-0.05, 0) is 48.5 Å². The highest BCUT2D eigenvalue weighted by molar-refractivity contribution is 6.05. The number of pyridine rings is 1. The number of aryl methyl sites for hydroxylation is 1. The van der Waals surface area contributed by atoms with Gasteiger partial charge in [0.25, 0.3) is 11.8 Å². The number of benzene rings is 2. The fourth-order valence-corrected chi connectivity index (χ4v) is 4.47. The van der Waals surface area contributed by atoms with Gasteiger partial charge in [-0.25, -0.2) is 4.98 Å². The van der Waals surface area contributed by atoms with Crippen molar-refractivity contribution in [2.45, 2.75) is 6.18 Å². The van der Waals surface area contributed by atoms with Crippen molar-refractivity contribution in [1.82, 2.24) is 19.8 Å². The third-order valence-electron chi connectivity index (χ3n) is 6.73. The number of nitrogens with one attached hydrogen (secondary N) is 1. The number of alkyl halides is 3.